The Morgan fingerprint density at radius 2 is 2.24 bits per heavy atom. The number of rotatable bonds is 4. The summed E-state index contributed by atoms with van der Waals surface area (Å²) in [5, 5.41) is 8.01. The maximum absolute atomic E-state index is 12.6. The van der Waals surface area contributed by atoms with Gasteiger partial charge in [0.1, 0.15) is 4.88 Å². The molecule has 8 nitrogen and oxygen atoms in total. The summed E-state index contributed by atoms with van der Waals surface area (Å²) in [6, 6.07) is 3.60. The SMILES string of the molecule is CNC(=O)c1cc(Cl)cc2c(C[C@H]3COCCN3c3nc4c(s3)C(=O)NC(C)(C)C4)c[nH]c12. The number of aromatic nitrogens is 2. The quantitative estimate of drug-likeness (QED) is 0.525. The number of anilines is 1. The van der Waals surface area contributed by atoms with Crippen LogP contribution in [0.2, 0.25) is 5.02 Å². The summed E-state index contributed by atoms with van der Waals surface area (Å²) in [5.74, 6) is -0.240. The number of carbonyl (C=O) groups is 2. The van der Waals surface area contributed by atoms with Crippen molar-refractivity contribution >= 4 is 50.8 Å². The third-order valence-corrected chi connectivity index (χ3v) is 7.55. The van der Waals surface area contributed by atoms with Crippen LogP contribution < -0.4 is 15.5 Å². The average Bonchev–Trinajstić information content (AvgIpc) is 3.36. The van der Waals surface area contributed by atoms with E-state index in [2.05, 4.69) is 20.5 Å². The molecule has 0 saturated carbocycles. The average molecular weight is 488 g/mol. The molecule has 2 aliphatic rings. The Balaban J connectivity index is 1.47. The molecule has 0 bridgehead atoms. The van der Waals surface area contributed by atoms with Crippen LogP contribution in [0.3, 0.4) is 0 Å². The maximum atomic E-state index is 12.6. The van der Waals surface area contributed by atoms with E-state index in [4.69, 9.17) is 21.3 Å². The number of nitrogens with one attached hydrogen (secondary N) is 3. The molecule has 1 atom stereocenters. The minimum Gasteiger partial charge on any atom is -0.377 e. The summed E-state index contributed by atoms with van der Waals surface area (Å²) in [4.78, 5) is 36.0. The summed E-state index contributed by atoms with van der Waals surface area (Å²) in [5.41, 5.74) is 2.90. The van der Waals surface area contributed by atoms with Crippen LogP contribution in [0.25, 0.3) is 10.9 Å². The zero-order chi connectivity index (χ0) is 23.3. The smallest absolute Gasteiger partial charge is 0.263 e. The van der Waals surface area contributed by atoms with Gasteiger partial charge in [-0.3, -0.25) is 9.59 Å². The summed E-state index contributed by atoms with van der Waals surface area (Å²) in [6.07, 6.45) is 3.33. The van der Waals surface area contributed by atoms with E-state index in [0.29, 0.717) is 48.1 Å². The zero-order valence-electron chi connectivity index (χ0n) is 18.8. The second-order valence-corrected chi connectivity index (χ2v) is 10.6. The van der Waals surface area contributed by atoms with Crippen molar-refractivity contribution in [2.75, 3.05) is 31.7 Å². The fraction of sp³-hybridized carbons (Fsp3) is 0.435. The number of hydrogen-bond donors (Lipinski definition) is 3. The van der Waals surface area contributed by atoms with Crippen LogP contribution in [0.1, 0.15) is 45.1 Å². The van der Waals surface area contributed by atoms with Crippen LogP contribution in [-0.4, -0.2) is 60.2 Å². The normalized spacial score (nSPS) is 19.9. The maximum Gasteiger partial charge on any atom is 0.263 e. The molecule has 0 aliphatic carbocycles. The molecule has 1 fully saturated rings. The molecule has 5 rings (SSSR count). The van der Waals surface area contributed by atoms with Gasteiger partial charge in [-0.25, -0.2) is 4.98 Å². The minimum atomic E-state index is -0.300. The molecule has 3 aromatic rings. The lowest BCUT2D eigenvalue weighted by molar-refractivity contribution is 0.0899. The highest BCUT2D eigenvalue weighted by Crippen LogP contribution is 2.35. The Labute approximate surface area is 200 Å². The van der Waals surface area contributed by atoms with Crippen LogP contribution in [0.15, 0.2) is 18.3 Å². The van der Waals surface area contributed by atoms with Gasteiger partial charge >= 0.3 is 0 Å². The predicted octanol–water partition coefficient (Wildman–Crippen LogP) is 3.15. The number of hydrogen-bond acceptors (Lipinski definition) is 6. The number of nitrogens with zero attached hydrogens (tertiary/aromatic N) is 2. The fourth-order valence-corrected chi connectivity index (χ4v) is 5.94. The lowest BCUT2D eigenvalue weighted by Gasteiger charge is -2.35. The topological polar surface area (TPSA) is 99.3 Å². The number of H-pyrrole nitrogens is 1. The molecule has 1 saturated heterocycles. The van der Waals surface area contributed by atoms with E-state index >= 15 is 0 Å². The molecule has 0 spiro atoms. The van der Waals surface area contributed by atoms with Crippen LogP contribution in [0.4, 0.5) is 5.13 Å². The van der Waals surface area contributed by atoms with Crippen LogP contribution in [0.5, 0.6) is 0 Å². The van der Waals surface area contributed by atoms with Gasteiger partial charge in [0.25, 0.3) is 11.8 Å². The largest absolute Gasteiger partial charge is 0.377 e. The van der Waals surface area contributed by atoms with E-state index in [0.717, 1.165) is 27.3 Å². The molecule has 0 unspecified atom stereocenters. The highest BCUT2D eigenvalue weighted by Gasteiger charge is 2.35. The van der Waals surface area contributed by atoms with Gasteiger partial charge in [0, 0.05) is 42.2 Å². The molecule has 2 aliphatic heterocycles. The Morgan fingerprint density at radius 1 is 1.42 bits per heavy atom. The zero-order valence-corrected chi connectivity index (χ0v) is 20.3. The molecule has 10 heteroatoms. The second-order valence-electron chi connectivity index (χ2n) is 9.18. The first-order valence-corrected chi connectivity index (χ1v) is 12.1. The van der Waals surface area contributed by atoms with Gasteiger partial charge in [-0.1, -0.05) is 22.9 Å². The molecular weight excluding hydrogens is 462 g/mol. The van der Waals surface area contributed by atoms with E-state index in [9.17, 15) is 9.59 Å². The molecule has 2 amide bonds. The number of carbonyl (C=O) groups excluding carboxylic acids is 2. The molecule has 0 radical (unpaired) electrons. The van der Waals surface area contributed by atoms with E-state index in [1.165, 1.54) is 11.3 Å². The summed E-state index contributed by atoms with van der Waals surface area (Å²) in [7, 11) is 1.60. The number of thiazole rings is 1. The molecular formula is C23H26ClN5O3S. The first kappa shape index (κ1) is 22.2. The summed E-state index contributed by atoms with van der Waals surface area (Å²) in [6.45, 7) is 5.89. The van der Waals surface area contributed by atoms with Crippen molar-refractivity contribution in [3.63, 3.8) is 0 Å². The lowest BCUT2D eigenvalue weighted by atomic mass is 9.94. The van der Waals surface area contributed by atoms with Crippen LogP contribution in [0, 0.1) is 0 Å². The first-order chi connectivity index (χ1) is 15.8. The number of ether oxygens (including phenoxy) is 1. The third kappa shape index (κ3) is 4.09. The molecule has 174 valence electrons. The van der Waals surface area contributed by atoms with Crippen LogP contribution >= 0.6 is 22.9 Å². The second kappa shape index (κ2) is 8.30. The van der Waals surface area contributed by atoms with Gasteiger partial charge in [-0.15, -0.1) is 0 Å². The third-order valence-electron chi connectivity index (χ3n) is 6.19. The van der Waals surface area contributed by atoms with Crippen LogP contribution in [-0.2, 0) is 17.6 Å². The molecule has 2 aromatic heterocycles. The Hall–Kier alpha value is -2.62. The van der Waals surface area contributed by atoms with Crippen molar-refractivity contribution in [2.24, 2.45) is 0 Å². The van der Waals surface area contributed by atoms with Gasteiger partial charge in [0.2, 0.25) is 0 Å². The van der Waals surface area contributed by atoms with E-state index in [-0.39, 0.29) is 23.4 Å². The van der Waals surface area contributed by atoms with Gasteiger partial charge < -0.3 is 25.3 Å². The van der Waals surface area contributed by atoms with E-state index in [1.807, 2.05) is 26.1 Å². The fourth-order valence-electron chi connectivity index (χ4n) is 4.65. The number of fused-ring (bicyclic) bond motifs is 2. The van der Waals surface area contributed by atoms with Crippen molar-refractivity contribution in [1.82, 2.24) is 20.6 Å². The van der Waals surface area contributed by atoms with E-state index in [1.54, 1.807) is 13.1 Å². The summed E-state index contributed by atoms with van der Waals surface area (Å²) >= 11 is 7.79. The van der Waals surface area contributed by atoms with Gasteiger partial charge in [-0.2, -0.15) is 0 Å². The van der Waals surface area contributed by atoms with Crippen molar-refractivity contribution in [3.8, 4) is 0 Å². The van der Waals surface area contributed by atoms with E-state index < -0.39 is 0 Å². The standard InChI is InChI=1S/C23H26ClN5O3S/c1-23(2)9-17-19(21(31)28-23)33-22(27-17)29-4-5-32-11-14(29)6-12-10-26-18-15(12)7-13(24)8-16(18)20(30)25-3/h7-8,10,14,26H,4-6,9,11H2,1-3H3,(H,25,30)(H,28,31)/t14-/m0/s1. The number of halogens is 1. The lowest BCUT2D eigenvalue weighted by Crippen LogP contribution is -2.48. The number of amides is 2. The Kier molecular flexibility index (Phi) is 5.58. The van der Waals surface area contributed by atoms with Gasteiger partial charge in [-0.05, 0) is 38.0 Å². The molecule has 3 N–H and O–H groups in total. The Bertz CT molecular complexity index is 1250. The number of morpholine rings is 1. The highest BCUT2D eigenvalue weighted by molar-refractivity contribution is 7.17. The number of benzene rings is 1. The first-order valence-electron chi connectivity index (χ1n) is 10.9. The van der Waals surface area contributed by atoms with Crippen molar-refractivity contribution in [2.45, 2.75) is 38.3 Å². The minimum absolute atomic E-state index is 0.0452. The Morgan fingerprint density at radius 3 is 3.03 bits per heavy atom. The predicted molar refractivity (Wildman–Crippen MR) is 130 cm³/mol. The monoisotopic (exact) mass is 487 g/mol. The number of aromatic amines is 1. The van der Waals surface area contributed by atoms with Gasteiger partial charge in [0.05, 0.1) is 36.0 Å². The van der Waals surface area contributed by atoms with Crippen molar-refractivity contribution < 1.29 is 14.3 Å². The molecule has 4 heterocycles. The van der Waals surface area contributed by atoms with Gasteiger partial charge in [0.15, 0.2) is 5.13 Å². The van der Waals surface area contributed by atoms with Crippen molar-refractivity contribution in [3.05, 3.63) is 45.1 Å². The summed E-state index contributed by atoms with van der Waals surface area (Å²) < 4.78 is 5.81. The molecule has 33 heavy (non-hydrogen) atoms. The van der Waals surface area contributed by atoms with Crippen molar-refractivity contribution in [1.29, 1.82) is 0 Å². The molecule has 1 aromatic carbocycles. The highest BCUT2D eigenvalue weighted by atomic mass is 35.5.